The summed E-state index contributed by atoms with van der Waals surface area (Å²) in [6.07, 6.45) is 0.0912. The molecule has 5 heteroatoms. The SMILES string of the molecule is COc1ccccc1CN(CCCO)C(=O)OCc1ccccc1. The Balaban J connectivity index is 2.02. The van der Waals surface area contributed by atoms with Crippen molar-refractivity contribution in [2.75, 3.05) is 20.3 Å². The van der Waals surface area contributed by atoms with E-state index in [0.717, 1.165) is 16.9 Å². The molecule has 0 heterocycles. The lowest BCUT2D eigenvalue weighted by Gasteiger charge is -2.23. The minimum absolute atomic E-state index is 0.0222. The number of aliphatic hydroxyl groups is 1. The van der Waals surface area contributed by atoms with Crippen molar-refractivity contribution in [3.63, 3.8) is 0 Å². The summed E-state index contributed by atoms with van der Waals surface area (Å²) in [6.45, 7) is 1.04. The summed E-state index contributed by atoms with van der Waals surface area (Å²) < 4.78 is 10.7. The van der Waals surface area contributed by atoms with E-state index in [0.29, 0.717) is 19.5 Å². The lowest BCUT2D eigenvalue weighted by molar-refractivity contribution is 0.0907. The minimum Gasteiger partial charge on any atom is -0.496 e. The summed E-state index contributed by atoms with van der Waals surface area (Å²) in [5, 5.41) is 9.07. The monoisotopic (exact) mass is 329 g/mol. The van der Waals surface area contributed by atoms with Crippen LogP contribution in [0.25, 0.3) is 0 Å². The number of carbonyl (C=O) groups excluding carboxylic acids is 1. The van der Waals surface area contributed by atoms with E-state index in [9.17, 15) is 4.79 Å². The largest absolute Gasteiger partial charge is 0.496 e. The van der Waals surface area contributed by atoms with Crippen LogP contribution in [0.5, 0.6) is 5.75 Å². The fraction of sp³-hybridized carbons (Fsp3) is 0.316. The van der Waals surface area contributed by atoms with Gasteiger partial charge in [-0.1, -0.05) is 48.5 Å². The predicted molar refractivity (Wildman–Crippen MR) is 91.7 cm³/mol. The van der Waals surface area contributed by atoms with E-state index in [1.807, 2.05) is 54.6 Å². The van der Waals surface area contributed by atoms with Crippen LogP contribution < -0.4 is 4.74 Å². The molecule has 24 heavy (non-hydrogen) atoms. The van der Waals surface area contributed by atoms with Crippen LogP contribution in [-0.2, 0) is 17.9 Å². The van der Waals surface area contributed by atoms with Gasteiger partial charge in [0.05, 0.1) is 13.7 Å². The first-order valence-electron chi connectivity index (χ1n) is 7.93. The fourth-order valence-corrected chi connectivity index (χ4v) is 2.35. The van der Waals surface area contributed by atoms with Crippen molar-refractivity contribution in [3.8, 4) is 5.75 Å². The normalized spacial score (nSPS) is 10.2. The molecular formula is C19H23NO4. The van der Waals surface area contributed by atoms with Crippen molar-refractivity contribution < 1.29 is 19.4 Å². The van der Waals surface area contributed by atoms with Crippen molar-refractivity contribution in [2.45, 2.75) is 19.6 Å². The number of amides is 1. The first-order chi connectivity index (χ1) is 11.7. The van der Waals surface area contributed by atoms with Gasteiger partial charge in [0.15, 0.2) is 0 Å². The van der Waals surface area contributed by atoms with Crippen molar-refractivity contribution in [1.29, 1.82) is 0 Å². The van der Waals surface area contributed by atoms with Gasteiger partial charge in [-0.3, -0.25) is 0 Å². The summed E-state index contributed by atoms with van der Waals surface area (Å²) >= 11 is 0. The number of hydrogen-bond donors (Lipinski definition) is 1. The van der Waals surface area contributed by atoms with Crippen LogP contribution in [0.3, 0.4) is 0 Å². The Bertz CT molecular complexity index is 630. The number of para-hydroxylation sites is 1. The molecule has 0 aliphatic carbocycles. The topological polar surface area (TPSA) is 59.0 Å². The third kappa shape index (κ3) is 5.28. The van der Waals surface area contributed by atoms with Gasteiger partial charge in [0.25, 0.3) is 0 Å². The molecular weight excluding hydrogens is 306 g/mol. The number of benzene rings is 2. The first-order valence-corrected chi connectivity index (χ1v) is 7.93. The van der Waals surface area contributed by atoms with Gasteiger partial charge in [-0.25, -0.2) is 4.79 Å². The maximum Gasteiger partial charge on any atom is 0.410 e. The van der Waals surface area contributed by atoms with Gasteiger partial charge in [0, 0.05) is 18.7 Å². The molecule has 0 spiro atoms. The molecule has 0 unspecified atom stereocenters. The molecule has 1 N–H and O–H groups in total. The first kappa shape index (κ1) is 17.8. The zero-order chi connectivity index (χ0) is 17.2. The Morgan fingerprint density at radius 2 is 1.79 bits per heavy atom. The van der Waals surface area contributed by atoms with E-state index in [2.05, 4.69) is 0 Å². The highest BCUT2D eigenvalue weighted by Crippen LogP contribution is 2.20. The van der Waals surface area contributed by atoms with E-state index in [-0.39, 0.29) is 13.2 Å². The standard InChI is InChI=1S/C19H23NO4/c1-23-18-11-6-5-10-17(18)14-20(12-7-13-21)19(22)24-15-16-8-3-2-4-9-16/h2-6,8-11,21H,7,12-15H2,1H3. The third-order valence-electron chi connectivity index (χ3n) is 3.60. The molecule has 2 aromatic carbocycles. The molecule has 1 amide bonds. The highest BCUT2D eigenvalue weighted by molar-refractivity contribution is 5.67. The highest BCUT2D eigenvalue weighted by Gasteiger charge is 2.17. The molecule has 0 fully saturated rings. The van der Waals surface area contributed by atoms with Crippen molar-refractivity contribution in [3.05, 3.63) is 65.7 Å². The second kappa shape index (κ2) is 9.57. The molecule has 0 aromatic heterocycles. The van der Waals surface area contributed by atoms with Crippen LogP contribution in [0.1, 0.15) is 17.5 Å². The second-order valence-corrected chi connectivity index (χ2v) is 5.35. The Morgan fingerprint density at radius 1 is 1.08 bits per heavy atom. The summed E-state index contributed by atoms with van der Waals surface area (Å²) in [6, 6.07) is 17.1. The lowest BCUT2D eigenvalue weighted by atomic mass is 10.2. The maximum absolute atomic E-state index is 12.4. The zero-order valence-corrected chi connectivity index (χ0v) is 13.9. The lowest BCUT2D eigenvalue weighted by Crippen LogP contribution is -2.32. The van der Waals surface area contributed by atoms with E-state index in [1.165, 1.54) is 0 Å². The zero-order valence-electron chi connectivity index (χ0n) is 13.9. The number of ether oxygens (including phenoxy) is 2. The number of methoxy groups -OCH3 is 1. The number of aliphatic hydroxyl groups excluding tert-OH is 1. The molecule has 0 saturated heterocycles. The van der Waals surface area contributed by atoms with Crippen LogP contribution >= 0.6 is 0 Å². The molecule has 128 valence electrons. The molecule has 0 aliphatic rings. The van der Waals surface area contributed by atoms with Crippen molar-refractivity contribution in [2.24, 2.45) is 0 Å². The van der Waals surface area contributed by atoms with Gasteiger partial charge in [-0.15, -0.1) is 0 Å². The summed E-state index contributed by atoms with van der Waals surface area (Å²) in [5.74, 6) is 0.724. The summed E-state index contributed by atoms with van der Waals surface area (Å²) in [7, 11) is 1.60. The molecule has 2 aromatic rings. The summed E-state index contributed by atoms with van der Waals surface area (Å²) in [5.41, 5.74) is 1.83. The van der Waals surface area contributed by atoms with Crippen LogP contribution in [0, 0.1) is 0 Å². The minimum atomic E-state index is -0.404. The maximum atomic E-state index is 12.4. The number of nitrogens with zero attached hydrogens (tertiary/aromatic N) is 1. The molecule has 2 rings (SSSR count). The fourth-order valence-electron chi connectivity index (χ4n) is 2.35. The molecule has 0 radical (unpaired) electrons. The van der Waals surface area contributed by atoms with Crippen LogP contribution in [-0.4, -0.2) is 36.4 Å². The Morgan fingerprint density at radius 3 is 2.50 bits per heavy atom. The van der Waals surface area contributed by atoms with E-state index >= 15 is 0 Å². The predicted octanol–water partition coefficient (Wildman–Crippen LogP) is 3.22. The second-order valence-electron chi connectivity index (χ2n) is 5.35. The number of hydrogen-bond acceptors (Lipinski definition) is 4. The third-order valence-corrected chi connectivity index (χ3v) is 3.60. The molecule has 0 saturated carbocycles. The average Bonchev–Trinajstić information content (AvgIpc) is 2.64. The van der Waals surface area contributed by atoms with Crippen molar-refractivity contribution in [1.82, 2.24) is 4.90 Å². The number of rotatable bonds is 8. The van der Waals surface area contributed by atoms with Gasteiger partial charge in [0.2, 0.25) is 0 Å². The Labute approximate surface area is 142 Å². The smallest absolute Gasteiger partial charge is 0.410 e. The van der Waals surface area contributed by atoms with Gasteiger partial charge in [-0.05, 0) is 18.1 Å². The Kier molecular flexibility index (Phi) is 7.11. The molecule has 0 atom stereocenters. The Hall–Kier alpha value is -2.53. The molecule has 0 aliphatic heterocycles. The van der Waals surface area contributed by atoms with Crippen LogP contribution in [0.2, 0.25) is 0 Å². The number of carbonyl (C=O) groups is 1. The summed E-state index contributed by atoms with van der Waals surface area (Å²) in [4.78, 5) is 14.0. The molecule has 0 bridgehead atoms. The van der Waals surface area contributed by atoms with E-state index in [1.54, 1.807) is 12.0 Å². The van der Waals surface area contributed by atoms with E-state index in [4.69, 9.17) is 14.6 Å². The average molecular weight is 329 g/mol. The van der Waals surface area contributed by atoms with Gasteiger partial charge in [0.1, 0.15) is 12.4 Å². The molecule has 5 nitrogen and oxygen atoms in total. The highest BCUT2D eigenvalue weighted by atomic mass is 16.6. The quantitative estimate of drug-likeness (QED) is 0.808. The van der Waals surface area contributed by atoms with Crippen molar-refractivity contribution >= 4 is 6.09 Å². The van der Waals surface area contributed by atoms with Gasteiger partial charge < -0.3 is 19.5 Å². The van der Waals surface area contributed by atoms with Gasteiger partial charge >= 0.3 is 6.09 Å². The van der Waals surface area contributed by atoms with Gasteiger partial charge in [-0.2, -0.15) is 0 Å². The van der Waals surface area contributed by atoms with Crippen LogP contribution in [0.15, 0.2) is 54.6 Å². The van der Waals surface area contributed by atoms with E-state index < -0.39 is 6.09 Å². The van der Waals surface area contributed by atoms with Crippen LogP contribution in [0.4, 0.5) is 4.79 Å².